The fraction of sp³-hybridized carbons (Fsp3) is 0.778. The van der Waals surface area contributed by atoms with Crippen LogP contribution in [-0.4, -0.2) is 29.6 Å². The third kappa shape index (κ3) is 3.52. The molecule has 0 bridgehead atoms. The number of rotatable bonds is 2. The lowest BCUT2D eigenvalue weighted by molar-refractivity contribution is 0.00368. The molecule has 3 rings (SSSR count). The molecule has 2 fully saturated rings. The van der Waals surface area contributed by atoms with Crippen molar-refractivity contribution in [2.45, 2.75) is 71.0 Å². The van der Waals surface area contributed by atoms with E-state index in [2.05, 4.69) is 48.5 Å². The van der Waals surface area contributed by atoms with E-state index in [1.807, 2.05) is 11.3 Å². The van der Waals surface area contributed by atoms with Gasteiger partial charge in [-0.2, -0.15) is 0 Å². The van der Waals surface area contributed by atoms with E-state index in [4.69, 9.17) is 0 Å². The number of hydrogen-bond donors (Lipinski definition) is 1. The molecular formula is C18H30N2S. The molecule has 1 atom stereocenters. The predicted octanol–water partition coefficient (Wildman–Crippen LogP) is 4.27. The molecule has 2 aliphatic rings. The standard InChI is InChI=1S/C18H30N2S/c1-17(2,3)16-12-19-18(9-5-4-6-10-18)14-20(16)13-15-8-7-11-21-15/h7-8,11,16,19H,4-6,9-10,12-14H2,1-3H3. The van der Waals surface area contributed by atoms with Crippen molar-refractivity contribution in [3.63, 3.8) is 0 Å². The van der Waals surface area contributed by atoms with E-state index in [-0.39, 0.29) is 0 Å². The summed E-state index contributed by atoms with van der Waals surface area (Å²) in [6.07, 6.45) is 6.96. The smallest absolute Gasteiger partial charge is 0.0332 e. The summed E-state index contributed by atoms with van der Waals surface area (Å²) >= 11 is 1.90. The first-order chi connectivity index (χ1) is 9.99. The fourth-order valence-corrected chi connectivity index (χ4v) is 4.91. The Kier molecular flexibility index (Phi) is 4.45. The van der Waals surface area contributed by atoms with Gasteiger partial charge in [0.15, 0.2) is 0 Å². The summed E-state index contributed by atoms with van der Waals surface area (Å²) in [6.45, 7) is 10.7. The molecule has 1 aromatic heterocycles. The summed E-state index contributed by atoms with van der Waals surface area (Å²) in [5.41, 5.74) is 0.734. The molecule has 1 saturated heterocycles. The lowest BCUT2D eigenvalue weighted by atomic mass is 9.76. The zero-order chi connectivity index (χ0) is 14.9. The van der Waals surface area contributed by atoms with E-state index >= 15 is 0 Å². The van der Waals surface area contributed by atoms with E-state index in [1.54, 1.807) is 0 Å². The van der Waals surface area contributed by atoms with Crippen LogP contribution in [0.3, 0.4) is 0 Å². The first kappa shape index (κ1) is 15.5. The van der Waals surface area contributed by atoms with Gasteiger partial charge < -0.3 is 5.32 Å². The first-order valence-electron chi connectivity index (χ1n) is 8.50. The fourth-order valence-electron chi connectivity index (χ4n) is 4.18. The molecule has 1 aliphatic carbocycles. The Morgan fingerprint density at radius 1 is 1.29 bits per heavy atom. The van der Waals surface area contributed by atoms with E-state index in [1.165, 1.54) is 43.5 Å². The number of nitrogens with one attached hydrogen (secondary N) is 1. The Bertz CT molecular complexity index is 440. The van der Waals surface area contributed by atoms with Crippen LogP contribution in [0.5, 0.6) is 0 Å². The van der Waals surface area contributed by atoms with E-state index < -0.39 is 0 Å². The van der Waals surface area contributed by atoms with Crippen LogP contribution in [0.15, 0.2) is 17.5 Å². The highest BCUT2D eigenvalue weighted by Crippen LogP contribution is 2.36. The molecule has 1 N–H and O–H groups in total. The van der Waals surface area contributed by atoms with Crippen molar-refractivity contribution < 1.29 is 0 Å². The zero-order valence-corrected chi connectivity index (χ0v) is 14.6. The Morgan fingerprint density at radius 3 is 2.67 bits per heavy atom. The summed E-state index contributed by atoms with van der Waals surface area (Å²) < 4.78 is 0. The number of thiophene rings is 1. The van der Waals surface area contributed by atoms with Gasteiger partial charge in [-0.05, 0) is 29.7 Å². The Labute approximate surface area is 133 Å². The van der Waals surface area contributed by atoms with Crippen molar-refractivity contribution in [2.24, 2.45) is 5.41 Å². The summed E-state index contributed by atoms with van der Waals surface area (Å²) in [7, 11) is 0. The normalized spacial score (nSPS) is 27.1. The first-order valence-corrected chi connectivity index (χ1v) is 9.38. The molecule has 0 amide bonds. The summed E-state index contributed by atoms with van der Waals surface area (Å²) in [5, 5.41) is 6.17. The topological polar surface area (TPSA) is 15.3 Å². The van der Waals surface area contributed by atoms with Gasteiger partial charge in [0.25, 0.3) is 0 Å². The minimum absolute atomic E-state index is 0.334. The predicted molar refractivity (Wildman–Crippen MR) is 91.8 cm³/mol. The van der Waals surface area contributed by atoms with Gasteiger partial charge in [0, 0.05) is 36.1 Å². The second-order valence-corrected chi connectivity index (χ2v) is 9.12. The molecule has 1 saturated carbocycles. The van der Waals surface area contributed by atoms with Crippen molar-refractivity contribution in [3.8, 4) is 0 Å². The second-order valence-electron chi connectivity index (χ2n) is 8.09. The van der Waals surface area contributed by atoms with Gasteiger partial charge in [0.2, 0.25) is 0 Å². The van der Waals surface area contributed by atoms with Crippen molar-refractivity contribution >= 4 is 11.3 Å². The molecule has 0 radical (unpaired) electrons. The highest BCUT2D eigenvalue weighted by atomic mass is 32.1. The van der Waals surface area contributed by atoms with Crippen molar-refractivity contribution in [3.05, 3.63) is 22.4 Å². The maximum Gasteiger partial charge on any atom is 0.0332 e. The van der Waals surface area contributed by atoms with Crippen LogP contribution >= 0.6 is 11.3 Å². The van der Waals surface area contributed by atoms with Gasteiger partial charge in [-0.15, -0.1) is 11.3 Å². The zero-order valence-electron chi connectivity index (χ0n) is 13.8. The maximum atomic E-state index is 3.96. The second kappa shape index (κ2) is 6.02. The van der Waals surface area contributed by atoms with Crippen LogP contribution in [0.25, 0.3) is 0 Å². The molecule has 1 spiro atoms. The average molecular weight is 307 g/mol. The third-order valence-corrected chi connectivity index (χ3v) is 6.23. The van der Waals surface area contributed by atoms with Crippen LogP contribution in [0, 0.1) is 5.41 Å². The minimum atomic E-state index is 0.334. The van der Waals surface area contributed by atoms with Gasteiger partial charge >= 0.3 is 0 Å². The lowest BCUT2D eigenvalue weighted by Crippen LogP contribution is -2.66. The van der Waals surface area contributed by atoms with Crippen LogP contribution in [0.2, 0.25) is 0 Å². The highest BCUT2D eigenvalue weighted by Gasteiger charge is 2.43. The molecule has 2 heterocycles. The number of hydrogen-bond acceptors (Lipinski definition) is 3. The Hall–Kier alpha value is -0.380. The highest BCUT2D eigenvalue weighted by molar-refractivity contribution is 7.09. The summed E-state index contributed by atoms with van der Waals surface area (Å²) in [6, 6.07) is 5.11. The largest absolute Gasteiger partial charge is 0.308 e. The molecular weight excluding hydrogens is 276 g/mol. The van der Waals surface area contributed by atoms with E-state index in [9.17, 15) is 0 Å². The maximum absolute atomic E-state index is 3.96. The van der Waals surface area contributed by atoms with Crippen molar-refractivity contribution in [1.29, 1.82) is 0 Å². The van der Waals surface area contributed by atoms with Gasteiger partial charge in [-0.25, -0.2) is 0 Å². The van der Waals surface area contributed by atoms with E-state index in [0.717, 1.165) is 13.1 Å². The van der Waals surface area contributed by atoms with Crippen LogP contribution < -0.4 is 5.32 Å². The SMILES string of the molecule is CC(C)(C)C1CNC2(CCCCC2)CN1Cc1cccs1. The van der Waals surface area contributed by atoms with Gasteiger partial charge in [-0.3, -0.25) is 4.90 Å². The van der Waals surface area contributed by atoms with Gasteiger partial charge in [0.1, 0.15) is 0 Å². The van der Waals surface area contributed by atoms with Crippen LogP contribution in [-0.2, 0) is 6.54 Å². The molecule has 1 unspecified atom stereocenters. The number of piperazine rings is 1. The van der Waals surface area contributed by atoms with Crippen LogP contribution in [0.1, 0.15) is 57.8 Å². The molecule has 3 heteroatoms. The van der Waals surface area contributed by atoms with Gasteiger partial charge in [0.05, 0.1) is 0 Å². The molecule has 2 nitrogen and oxygen atoms in total. The van der Waals surface area contributed by atoms with Crippen molar-refractivity contribution in [2.75, 3.05) is 13.1 Å². The number of nitrogens with zero attached hydrogens (tertiary/aromatic N) is 1. The summed E-state index contributed by atoms with van der Waals surface area (Å²) in [5.74, 6) is 0. The molecule has 118 valence electrons. The molecule has 1 aromatic rings. The van der Waals surface area contributed by atoms with Crippen LogP contribution in [0.4, 0.5) is 0 Å². The molecule has 21 heavy (non-hydrogen) atoms. The van der Waals surface area contributed by atoms with Gasteiger partial charge in [-0.1, -0.05) is 46.1 Å². The summed E-state index contributed by atoms with van der Waals surface area (Å²) in [4.78, 5) is 4.28. The molecule has 1 aliphatic heterocycles. The average Bonchev–Trinajstić information content (AvgIpc) is 2.91. The monoisotopic (exact) mass is 306 g/mol. The quantitative estimate of drug-likeness (QED) is 0.878. The Balaban J connectivity index is 1.77. The Morgan fingerprint density at radius 2 is 2.05 bits per heavy atom. The van der Waals surface area contributed by atoms with E-state index in [0.29, 0.717) is 17.0 Å². The van der Waals surface area contributed by atoms with Crippen molar-refractivity contribution in [1.82, 2.24) is 10.2 Å². The third-order valence-electron chi connectivity index (χ3n) is 5.37. The molecule has 0 aromatic carbocycles. The lowest BCUT2D eigenvalue weighted by Gasteiger charge is -2.53. The minimum Gasteiger partial charge on any atom is -0.308 e.